The zero-order chi connectivity index (χ0) is 31.2. The second kappa shape index (κ2) is 11.3. The molecule has 0 unspecified atom stereocenters. The summed E-state index contributed by atoms with van der Waals surface area (Å²) < 4.78 is 35.6. The predicted molar refractivity (Wildman–Crippen MR) is 164 cm³/mol. The average molecular weight is 599 g/mol. The standard InChI is InChI=1S/C33H35FN6O4/c1-20-8-7-9-25(28(20)34)30-27(43-6)14-26-31(36-30)29(37-40(26)16-21-10-12-24(42-5)13-11-21)22-15-35-39(17-22)23-18-38(19-23)32(41)44-33(2,3)4/h7-15,17,23H,16,18-19H2,1-6H3. The SMILES string of the molecule is COc1ccc(Cn2nc(-c3cnn(C4CN(C(=O)OC(C)(C)C)C4)c3)c3nc(-c4cccc(C)c4F)c(OC)cc32)cc1. The quantitative estimate of drug-likeness (QED) is 0.218. The molecule has 0 saturated carbocycles. The molecule has 1 amide bonds. The molecule has 0 atom stereocenters. The van der Waals surface area contributed by atoms with E-state index < -0.39 is 5.60 Å². The van der Waals surface area contributed by atoms with Gasteiger partial charge in [-0.1, -0.05) is 24.3 Å². The summed E-state index contributed by atoms with van der Waals surface area (Å²) in [5.41, 5.74) is 4.42. The number of ether oxygens (including phenoxy) is 3. The summed E-state index contributed by atoms with van der Waals surface area (Å²) in [6.07, 6.45) is 3.32. The van der Waals surface area contributed by atoms with Gasteiger partial charge in [-0.05, 0) is 57.0 Å². The van der Waals surface area contributed by atoms with Gasteiger partial charge in [0.05, 0.1) is 38.5 Å². The molecule has 0 radical (unpaired) electrons. The summed E-state index contributed by atoms with van der Waals surface area (Å²) in [5, 5.41) is 9.59. The molecule has 0 bridgehead atoms. The number of nitrogens with zero attached hydrogens (tertiary/aromatic N) is 6. The first kappa shape index (κ1) is 29.2. The number of aromatic nitrogens is 5. The van der Waals surface area contributed by atoms with E-state index in [1.807, 2.05) is 66.7 Å². The van der Waals surface area contributed by atoms with Crippen molar-refractivity contribution in [3.05, 3.63) is 77.9 Å². The van der Waals surface area contributed by atoms with Crippen LogP contribution in [0.1, 0.15) is 37.9 Å². The van der Waals surface area contributed by atoms with E-state index in [4.69, 9.17) is 24.3 Å². The van der Waals surface area contributed by atoms with Gasteiger partial charge in [0.1, 0.15) is 39.8 Å². The number of rotatable bonds is 7. The van der Waals surface area contributed by atoms with Crippen molar-refractivity contribution >= 4 is 17.1 Å². The van der Waals surface area contributed by atoms with E-state index in [-0.39, 0.29) is 18.0 Å². The topological polar surface area (TPSA) is 96.5 Å². The molecule has 0 spiro atoms. The first-order chi connectivity index (χ1) is 21.0. The lowest BCUT2D eigenvalue weighted by atomic mass is 10.1. The molecule has 1 aliphatic rings. The van der Waals surface area contributed by atoms with Crippen LogP contribution < -0.4 is 9.47 Å². The van der Waals surface area contributed by atoms with Gasteiger partial charge in [0.25, 0.3) is 0 Å². The summed E-state index contributed by atoms with van der Waals surface area (Å²) in [6, 6.07) is 14.9. The van der Waals surface area contributed by atoms with Crippen LogP contribution >= 0.6 is 0 Å². The largest absolute Gasteiger partial charge is 0.497 e. The maximum Gasteiger partial charge on any atom is 0.410 e. The molecular weight excluding hydrogens is 563 g/mol. The Morgan fingerprint density at radius 3 is 2.48 bits per heavy atom. The number of fused-ring (bicyclic) bond motifs is 1. The maximum absolute atomic E-state index is 15.3. The van der Waals surface area contributed by atoms with Crippen molar-refractivity contribution in [1.29, 1.82) is 0 Å². The smallest absolute Gasteiger partial charge is 0.410 e. The zero-order valence-corrected chi connectivity index (χ0v) is 25.7. The van der Waals surface area contributed by atoms with Crippen LogP contribution in [0, 0.1) is 12.7 Å². The summed E-state index contributed by atoms with van der Waals surface area (Å²) >= 11 is 0. The number of methoxy groups -OCH3 is 2. The molecule has 228 valence electrons. The highest BCUT2D eigenvalue weighted by molar-refractivity contribution is 5.93. The lowest BCUT2D eigenvalue weighted by Crippen LogP contribution is -2.52. The van der Waals surface area contributed by atoms with E-state index >= 15 is 4.39 Å². The van der Waals surface area contributed by atoms with Crippen LogP contribution in [-0.4, -0.2) is 68.4 Å². The van der Waals surface area contributed by atoms with Gasteiger partial charge in [0, 0.05) is 36.5 Å². The van der Waals surface area contributed by atoms with Gasteiger partial charge in [-0.2, -0.15) is 10.2 Å². The number of aryl methyl sites for hydroxylation is 1. The van der Waals surface area contributed by atoms with Crippen LogP contribution in [0.15, 0.2) is 60.9 Å². The van der Waals surface area contributed by atoms with Crippen LogP contribution in [0.2, 0.25) is 0 Å². The van der Waals surface area contributed by atoms with Gasteiger partial charge < -0.3 is 19.1 Å². The van der Waals surface area contributed by atoms with Crippen molar-refractivity contribution in [1.82, 2.24) is 29.4 Å². The zero-order valence-electron chi connectivity index (χ0n) is 25.7. The highest BCUT2D eigenvalue weighted by Gasteiger charge is 2.35. The normalized spacial score (nSPS) is 13.7. The van der Waals surface area contributed by atoms with Gasteiger partial charge in [-0.3, -0.25) is 9.36 Å². The van der Waals surface area contributed by atoms with Gasteiger partial charge >= 0.3 is 6.09 Å². The minimum Gasteiger partial charge on any atom is -0.497 e. The van der Waals surface area contributed by atoms with Gasteiger partial charge in [-0.25, -0.2) is 14.2 Å². The van der Waals surface area contributed by atoms with E-state index in [9.17, 15) is 4.79 Å². The Morgan fingerprint density at radius 2 is 1.80 bits per heavy atom. The molecule has 1 saturated heterocycles. The minimum atomic E-state index is -0.553. The Morgan fingerprint density at radius 1 is 1.05 bits per heavy atom. The third-order valence-electron chi connectivity index (χ3n) is 7.61. The number of hydrogen-bond acceptors (Lipinski definition) is 7. The number of hydrogen-bond donors (Lipinski definition) is 0. The van der Waals surface area contributed by atoms with Gasteiger partial charge in [0.15, 0.2) is 0 Å². The summed E-state index contributed by atoms with van der Waals surface area (Å²) in [7, 11) is 3.18. The van der Waals surface area contributed by atoms with Crippen molar-refractivity contribution in [2.75, 3.05) is 27.3 Å². The number of carbonyl (C=O) groups is 1. The van der Waals surface area contributed by atoms with Crippen LogP contribution in [-0.2, 0) is 11.3 Å². The number of benzene rings is 2. The lowest BCUT2D eigenvalue weighted by Gasteiger charge is -2.39. The fourth-order valence-corrected chi connectivity index (χ4v) is 5.23. The van der Waals surface area contributed by atoms with Crippen molar-refractivity contribution in [2.24, 2.45) is 0 Å². The third kappa shape index (κ3) is 5.57. The molecule has 2 aromatic carbocycles. The monoisotopic (exact) mass is 598 g/mol. The van der Waals surface area contributed by atoms with Crippen molar-refractivity contribution in [2.45, 2.75) is 45.9 Å². The first-order valence-corrected chi connectivity index (χ1v) is 14.4. The highest BCUT2D eigenvalue weighted by Crippen LogP contribution is 2.37. The van der Waals surface area contributed by atoms with E-state index in [1.54, 1.807) is 50.4 Å². The highest BCUT2D eigenvalue weighted by atomic mass is 19.1. The molecule has 11 heteroatoms. The number of halogens is 1. The molecule has 1 aliphatic heterocycles. The Kier molecular flexibility index (Phi) is 7.48. The summed E-state index contributed by atoms with van der Waals surface area (Å²) in [5.74, 6) is 0.857. The van der Waals surface area contributed by atoms with E-state index in [0.29, 0.717) is 53.4 Å². The summed E-state index contributed by atoms with van der Waals surface area (Å²) in [4.78, 5) is 19.1. The van der Waals surface area contributed by atoms with E-state index in [2.05, 4.69) is 5.10 Å². The molecule has 0 N–H and O–H groups in total. The second-order valence-electron chi connectivity index (χ2n) is 11.9. The molecule has 5 aromatic rings. The number of carbonyl (C=O) groups excluding carboxylic acids is 1. The summed E-state index contributed by atoms with van der Waals surface area (Å²) in [6.45, 7) is 8.73. The number of pyridine rings is 1. The van der Waals surface area contributed by atoms with Crippen molar-refractivity contribution in [3.8, 4) is 34.0 Å². The number of likely N-dealkylation sites (tertiary alicyclic amines) is 1. The Labute approximate surface area is 255 Å². The second-order valence-corrected chi connectivity index (χ2v) is 11.9. The van der Waals surface area contributed by atoms with E-state index in [0.717, 1.165) is 22.4 Å². The molecule has 10 nitrogen and oxygen atoms in total. The molecule has 44 heavy (non-hydrogen) atoms. The fourth-order valence-electron chi connectivity index (χ4n) is 5.23. The van der Waals surface area contributed by atoms with Gasteiger partial charge in [0.2, 0.25) is 0 Å². The Bertz CT molecular complexity index is 1830. The molecule has 0 aliphatic carbocycles. The fraction of sp³-hybridized carbons (Fsp3) is 0.333. The lowest BCUT2D eigenvalue weighted by molar-refractivity contribution is -0.000385. The average Bonchev–Trinajstić information content (AvgIpc) is 3.57. The predicted octanol–water partition coefficient (Wildman–Crippen LogP) is 6.27. The van der Waals surface area contributed by atoms with Crippen LogP contribution in [0.4, 0.5) is 9.18 Å². The van der Waals surface area contributed by atoms with Crippen LogP contribution in [0.25, 0.3) is 33.5 Å². The molecule has 6 rings (SSSR count). The molecule has 4 heterocycles. The third-order valence-corrected chi connectivity index (χ3v) is 7.61. The van der Waals surface area contributed by atoms with Crippen molar-refractivity contribution in [3.63, 3.8) is 0 Å². The molecule has 3 aromatic heterocycles. The Hall–Kier alpha value is -4.93. The Balaban J connectivity index is 1.39. The number of amides is 1. The van der Waals surface area contributed by atoms with Crippen LogP contribution in [0.5, 0.6) is 11.5 Å². The van der Waals surface area contributed by atoms with E-state index in [1.165, 1.54) is 0 Å². The minimum absolute atomic E-state index is 0.00826. The maximum atomic E-state index is 15.3. The van der Waals surface area contributed by atoms with Crippen molar-refractivity contribution < 1.29 is 23.4 Å². The molecular formula is C33H35FN6O4. The molecule has 1 fully saturated rings. The van der Waals surface area contributed by atoms with Gasteiger partial charge in [-0.15, -0.1) is 0 Å². The first-order valence-electron chi connectivity index (χ1n) is 14.4. The van der Waals surface area contributed by atoms with Crippen LogP contribution in [0.3, 0.4) is 0 Å².